The predicted molar refractivity (Wildman–Crippen MR) is 61.1 cm³/mol. The summed E-state index contributed by atoms with van der Waals surface area (Å²) in [6.45, 7) is 0. The molecule has 0 amide bonds. The largest absolute Gasteiger partial charge is 0.495 e. The molecule has 0 atom stereocenters. The molecule has 0 spiro atoms. The van der Waals surface area contributed by atoms with Gasteiger partial charge in [-0.25, -0.2) is 0 Å². The van der Waals surface area contributed by atoms with Crippen molar-refractivity contribution in [2.75, 3.05) is 14.2 Å². The lowest BCUT2D eigenvalue weighted by Gasteiger charge is -2.08. The molecule has 0 aliphatic carbocycles. The van der Waals surface area contributed by atoms with Gasteiger partial charge in [-0.3, -0.25) is 4.79 Å². The standard InChI is InChI=1S/C11H10BrNO3/c1-15-9-4-3-7(5-10(14)16-2)11(12)8(9)6-13/h3-4H,5H2,1-2H3. The second-order valence-electron chi connectivity index (χ2n) is 2.98. The van der Waals surface area contributed by atoms with E-state index < -0.39 is 0 Å². The molecule has 0 heterocycles. The predicted octanol–water partition coefficient (Wildman–Crippen LogP) is 2.04. The minimum absolute atomic E-state index is 0.121. The number of carbonyl (C=O) groups is 1. The summed E-state index contributed by atoms with van der Waals surface area (Å²) in [5.41, 5.74) is 1.08. The Balaban J connectivity index is 3.15. The zero-order valence-corrected chi connectivity index (χ0v) is 10.5. The van der Waals surface area contributed by atoms with Crippen LogP contribution in [-0.2, 0) is 16.0 Å². The molecular weight excluding hydrogens is 274 g/mol. The van der Waals surface area contributed by atoms with Gasteiger partial charge in [-0.15, -0.1) is 0 Å². The number of hydrogen-bond donors (Lipinski definition) is 0. The Kier molecular flexibility index (Phi) is 4.32. The van der Waals surface area contributed by atoms with Crippen molar-refractivity contribution >= 4 is 21.9 Å². The highest BCUT2D eigenvalue weighted by molar-refractivity contribution is 9.10. The summed E-state index contributed by atoms with van der Waals surface area (Å²) in [4.78, 5) is 11.1. The fourth-order valence-electron chi connectivity index (χ4n) is 1.24. The molecule has 0 aliphatic rings. The van der Waals surface area contributed by atoms with E-state index in [4.69, 9.17) is 10.00 Å². The van der Waals surface area contributed by atoms with Crippen molar-refractivity contribution in [1.82, 2.24) is 0 Å². The van der Waals surface area contributed by atoms with Gasteiger partial charge >= 0.3 is 5.97 Å². The summed E-state index contributed by atoms with van der Waals surface area (Å²) < 4.78 is 10.2. The zero-order valence-electron chi connectivity index (χ0n) is 8.91. The number of rotatable bonds is 3. The van der Waals surface area contributed by atoms with Crippen LogP contribution in [0.25, 0.3) is 0 Å². The molecule has 0 aromatic heterocycles. The molecule has 0 aliphatic heterocycles. The average Bonchev–Trinajstić information content (AvgIpc) is 2.31. The SMILES string of the molecule is COC(=O)Cc1ccc(OC)c(C#N)c1Br. The van der Waals surface area contributed by atoms with E-state index in [0.717, 1.165) is 0 Å². The first kappa shape index (κ1) is 12.5. The maximum absolute atomic E-state index is 11.1. The Hall–Kier alpha value is -1.54. The van der Waals surface area contributed by atoms with Crippen LogP contribution in [0.15, 0.2) is 16.6 Å². The van der Waals surface area contributed by atoms with E-state index in [0.29, 0.717) is 21.3 Å². The molecule has 0 N–H and O–H groups in total. The number of hydrogen-bond acceptors (Lipinski definition) is 4. The lowest BCUT2D eigenvalue weighted by Crippen LogP contribution is -2.06. The third kappa shape index (κ3) is 2.52. The zero-order chi connectivity index (χ0) is 12.1. The maximum atomic E-state index is 11.1. The van der Waals surface area contributed by atoms with Crippen molar-refractivity contribution < 1.29 is 14.3 Å². The molecule has 16 heavy (non-hydrogen) atoms. The Morgan fingerprint density at radius 2 is 2.19 bits per heavy atom. The number of benzene rings is 1. The molecule has 0 fully saturated rings. The van der Waals surface area contributed by atoms with E-state index in [1.54, 1.807) is 12.1 Å². The van der Waals surface area contributed by atoms with Crippen LogP contribution in [0.3, 0.4) is 0 Å². The fraction of sp³-hybridized carbons (Fsp3) is 0.273. The summed E-state index contributed by atoms with van der Waals surface area (Å²) in [6.07, 6.45) is 0.121. The van der Waals surface area contributed by atoms with Gasteiger partial charge in [0.1, 0.15) is 17.4 Å². The number of esters is 1. The topological polar surface area (TPSA) is 59.3 Å². The Labute approximate surface area is 102 Å². The number of nitriles is 1. The lowest BCUT2D eigenvalue weighted by atomic mass is 10.1. The Morgan fingerprint density at radius 1 is 1.50 bits per heavy atom. The number of nitrogens with zero attached hydrogens (tertiary/aromatic N) is 1. The smallest absolute Gasteiger partial charge is 0.310 e. The van der Waals surface area contributed by atoms with Crippen molar-refractivity contribution in [3.8, 4) is 11.8 Å². The van der Waals surface area contributed by atoms with Gasteiger partial charge in [-0.2, -0.15) is 5.26 Å². The van der Waals surface area contributed by atoms with Gasteiger partial charge in [0.2, 0.25) is 0 Å². The highest BCUT2D eigenvalue weighted by Gasteiger charge is 2.14. The van der Waals surface area contributed by atoms with Crippen molar-refractivity contribution in [3.05, 3.63) is 27.7 Å². The number of methoxy groups -OCH3 is 2. The van der Waals surface area contributed by atoms with Crippen LogP contribution in [0.5, 0.6) is 5.75 Å². The Bertz CT molecular complexity index is 451. The number of halogens is 1. The van der Waals surface area contributed by atoms with Gasteiger partial charge in [0, 0.05) is 4.47 Å². The quantitative estimate of drug-likeness (QED) is 0.797. The van der Waals surface area contributed by atoms with Gasteiger partial charge < -0.3 is 9.47 Å². The van der Waals surface area contributed by atoms with E-state index in [-0.39, 0.29) is 12.4 Å². The third-order valence-electron chi connectivity index (χ3n) is 2.08. The summed E-state index contributed by atoms with van der Waals surface area (Å²) in [5.74, 6) is 0.123. The summed E-state index contributed by atoms with van der Waals surface area (Å²) >= 11 is 3.28. The normalized spacial score (nSPS) is 9.38. The van der Waals surface area contributed by atoms with E-state index in [9.17, 15) is 4.79 Å². The molecule has 1 rings (SSSR count). The lowest BCUT2D eigenvalue weighted by molar-refractivity contribution is -0.139. The van der Waals surface area contributed by atoms with Gasteiger partial charge in [-0.05, 0) is 27.6 Å². The molecule has 0 radical (unpaired) electrons. The van der Waals surface area contributed by atoms with Crippen LogP contribution in [0.4, 0.5) is 0 Å². The molecular formula is C11H10BrNO3. The maximum Gasteiger partial charge on any atom is 0.310 e. The number of ether oxygens (including phenoxy) is 2. The molecule has 1 aromatic rings. The first-order valence-electron chi connectivity index (χ1n) is 4.46. The van der Waals surface area contributed by atoms with Crippen molar-refractivity contribution in [1.29, 1.82) is 5.26 Å². The molecule has 0 unspecified atom stereocenters. The van der Waals surface area contributed by atoms with Gasteiger partial charge in [-0.1, -0.05) is 6.07 Å². The van der Waals surface area contributed by atoms with Gasteiger partial charge in [0.25, 0.3) is 0 Å². The molecule has 0 saturated carbocycles. The van der Waals surface area contributed by atoms with E-state index in [1.165, 1.54) is 14.2 Å². The minimum Gasteiger partial charge on any atom is -0.495 e. The fourth-order valence-corrected chi connectivity index (χ4v) is 1.80. The van der Waals surface area contributed by atoms with Crippen LogP contribution < -0.4 is 4.74 Å². The molecule has 1 aromatic carbocycles. The van der Waals surface area contributed by atoms with E-state index in [1.807, 2.05) is 6.07 Å². The first-order chi connectivity index (χ1) is 7.63. The average molecular weight is 284 g/mol. The van der Waals surface area contributed by atoms with Gasteiger partial charge in [0.15, 0.2) is 0 Å². The van der Waals surface area contributed by atoms with E-state index >= 15 is 0 Å². The highest BCUT2D eigenvalue weighted by atomic mass is 79.9. The molecule has 84 valence electrons. The second-order valence-corrected chi connectivity index (χ2v) is 3.77. The first-order valence-corrected chi connectivity index (χ1v) is 5.25. The van der Waals surface area contributed by atoms with Crippen LogP contribution in [0.2, 0.25) is 0 Å². The number of carbonyl (C=O) groups excluding carboxylic acids is 1. The van der Waals surface area contributed by atoms with Crippen LogP contribution in [-0.4, -0.2) is 20.2 Å². The second kappa shape index (κ2) is 5.52. The van der Waals surface area contributed by atoms with Crippen LogP contribution in [0, 0.1) is 11.3 Å². The van der Waals surface area contributed by atoms with E-state index in [2.05, 4.69) is 20.7 Å². The van der Waals surface area contributed by atoms with Gasteiger partial charge in [0.05, 0.1) is 20.6 Å². The van der Waals surface area contributed by atoms with Crippen LogP contribution in [0.1, 0.15) is 11.1 Å². The summed E-state index contributed by atoms with van der Waals surface area (Å²) in [6, 6.07) is 5.40. The summed E-state index contributed by atoms with van der Waals surface area (Å²) in [5, 5.41) is 8.97. The van der Waals surface area contributed by atoms with Crippen molar-refractivity contribution in [2.45, 2.75) is 6.42 Å². The minimum atomic E-state index is -0.352. The van der Waals surface area contributed by atoms with Crippen LogP contribution >= 0.6 is 15.9 Å². The molecule has 0 bridgehead atoms. The highest BCUT2D eigenvalue weighted by Crippen LogP contribution is 2.29. The molecule has 0 saturated heterocycles. The Morgan fingerprint density at radius 3 is 2.69 bits per heavy atom. The van der Waals surface area contributed by atoms with Crippen molar-refractivity contribution in [3.63, 3.8) is 0 Å². The summed E-state index contributed by atoms with van der Waals surface area (Å²) in [7, 11) is 2.81. The molecule has 5 heteroatoms. The third-order valence-corrected chi connectivity index (χ3v) is 2.98. The molecule has 4 nitrogen and oxygen atoms in total. The van der Waals surface area contributed by atoms with Crippen molar-refractivity contribution in [2.24, 2.45) is 0 Å². The monoisotopic (exact) mass is 283 g/mol.